The summed E-state index contributed by atoms with van der Waals surface area (Å²) in [5.41, 5.74) is 3.94. The molecule has 148 valence electrons. The zero-order chi connectivity index (χ0) is 19.7. The SMILES string of the molecule is Cc1cnc(N2CCc3cc(C(=O)NCC4CC4)c(N(C)C)nc3CC2)nc1. The molecule has 0 bridgehead atoms. The first-order valence-corrected chi connectivity index (χ1v) is 10.0. The lowest BCUT2D eigenvalue weighted by atomic mass is 10.0. The summed E-state index contributed by atoms with van der Waals surface area (Å²) < 4.78 is 0. The number of fused-ring (bicyclic) bond motifs is 1. The van der Waals surface area contributed by atoms with Gasteiger partial charge in [-0.3, -0.25) is 4.79 Å². The highest BCUT2D eigenvalue weighted by molar-refractivity contribution is 5.99. The van der Waals surface area contributed by atoms with Gasteiger partial charge < -0.3 is 15.1 Å². The van der Waals surface area contributed by atoms with Crippen molar-refractivity contribution >= 4 is 17.7 Å². The third-order valence-electron chi connectivity index (χ3n) is 5.41. The Hall–Kier alpha value is -2.70. The maximum Gasteiger partial charge on any atom is 0.255 e. The first kappa shape index (κ1) is 18.7. The number of nitrogens with zero attached hydrogens (tertiary/aromatic N) is 5. The molecule has 1 saturated carbocycles. The Morgan fingerprint density at radius 2 is 1.93 bits per heavy atom. The van der Waals surface area contributed by atoms with Crippen molar-refractivity contribution in [3.63, 3.8) is 0 Å². The highest BCUT2D eigenvalue weighted by Gasteiger charge is 2.25. The van der Waals surface area contributed by atoms with E-state index in [-0.39, 0.29) is 5.91 Å². The van der Waals surface area contributed by atoms with E-state index >= 15 is 0 Å². The van der Waals surface area contributed by atoms with Crippen molar-refractivity contribution in [3.05, 3.63) is 40.8 Å². The summed E-state index contributed by atoms with van der Waals surface area (Å²) >= 11 is 0. The molecule has 7 heteroatoms. The fourth-order valence-corrected chi connectivity index (χ4v) is 3.53. The number of aromatic nitrogens is 3. The van der Waals surface area contributed by atoms with Crippen LogP contribution in [0.2, 0.25) is 0 Å². The topological polar surface area (TPSA) is 74.2 Å². The van der Waals surface area contributed by atoms with Gasteiger partial charge in [0.2, 0.25) is 5.95 Å². The number of carbonyl (C=O) groups excluding carboxylic acids is 1. The van der Waals surface area contributed by atoms with Crippen LogP contribution in [0.4, 0.5) is 11.8 Å². The van der Waals surface area contributed by atoms with Crippen LogP contribution in [-0.4, -0.2) is 54.6 Å². The van der Waals surface area contributed by atoms with Crippen LogP contribution < -0.4 is 15.1 Å². The van der Waals surface area contributed by atoms with Crippen molar-refractivity contribution in [1.29, 1.82) is 0 Å². The second kappa shape index (κ2) is 7.73. The first-order chi connectivity index (χ1) is 13.5. The molecule has 7 nitrogen and oxygen atoms in total. The molecule has 0 aromatic carbocycles. The van der Waals surface area contributed by atoms with Gasteiger partial charge in [0.1, 0.15) is 5.82 Å². The van der Waals surface area contributed by atoms with E-state index in [9.17, 15) is 4.79 Å². The Balaban J connectivity index is 1.56. The standard InChI is InChI=1S/C21H28N6O/c1-14-11-23-21(24-12-14)27-8-6-16-10-17(20(28)22-13-15-4-5-15)19(26(2)3)25-18(16)7-9-27/h10-12,15H,4-9,13H2,1-3H3,(H,22,28). The predicted octanol–water partition coefficient (Wildman–Crippen LogP) is 1.99. The van der Waals surface area contributed by atoms with Gasteiger partial charge in [0.25, 0.3) is 5.91 Å². The zero-order valence-corrected chi connectivity index (χ0v) is 16.9. The summed E-state index contributed by atoms with van der Waals surface area (Å²) in [6.07, 6.45) is 7.80. The van der Waals surface area contributed by atoms with Crippen LogP contribution >= 0.6 is 0 Å². The largest absolute Gasteiger partial charge is 0.362 e. The van der Waals surface area contributed by atoms with Gasteiger partial charge in [-0.05, 0) is 49.3 Å². The molecule has 3 heterocycles. The van der Waals surface area contributed by atoms with Crippen LogP contribution in [0.15, 0.2) is 18.5 Å². The van der Waals surface area contributed by atoms with Crippen LogP contribution in [0.3, 0.4) is 0 Å². The molecule has 2 aliphatic rings. The van der Waals surface area contributed by atoms with Crippen molar-refractivity contribution < 1.29 is 4.79 Å². The number of amides is 1. The molecule has 1 aliphatic heterocycles. The van der Waals surface area contributed by atoms with Crippen molar-refractivity contribution in [2.45, 2.75) is 32.6 Å². The van der Waals surface area contributed by atoms with Crippen molar-refractivity contribution in [3.8, 4) is 0 Å². The Kier molecular flexibility index (Phi) is 5.15. The first-order valence-electron chi connectivity index (χ1n) is 10.0. The summed E-state index contributed by atoms with van der Waals surface area (Å²) in [4.78, 5) is 30.7. The molecule has 4 rings (SSSR count). The van der Waals surface area contributed by atoms with Crippen LogP contribution in [-0.2, 0) is 12.8 Å². The Morgan fingerprint density at radius 1 is 1.21 bits per heavy atom. The van der Waals surface area contributed by atoms with Crippen molar-refractivity contribution in [2.24, 2.45) is 5.92 Å². The van der Waals surface area contributed by atoms with Gasteiger partial charge in [0.05, 0.1) is 5.56 Å². The smallest absolute Gasteiger partial charge is 0.255 e. The highest BCUT2D eigenvalue weighted by Crippen LogP contribution is 2.28. The van der Waals surface area contributed by atoms with E-state index in [1.54, 1.807) is 0 Å². The minimum absolute atomic E-state index is 0.0196. The van der Waals surface area contributed by atoms with Crippen LogP contribution in [0.5, 0.6) is 0 Å². The maximum atomic E-state index is 12.8. The molecule has 1 aliphatic carbocycles. The van der Waals surface area contributed by atoms with E-state index in [0.29, 0.717) is 11.5 Å². The molecular formula is C21H28N6O. The van der Waals surface area contributed by atoms with Gasteiger partial charge >= 0.3 is 0 Å². The van der Waals surface area contributed by atoms with Crippen molar-refractivity contribution in [1.82, 2.24) is 20.3 Å². The quantitative estimate of drug-likeness (QED) is 0.855. The van der Waals surface area contributed by atoms with Gasteiger partial charge in [-0.1, -0.05) is 0 Å². The number of pyridine rings is 1. The van der Waals surface area contributed by atoms with Crippen LogP contribution in [0, 0.1) is 12.8 Å². The molecule has 1 fully saturated rings. The average Bonchev–Trinajstić information content (AvgIpc) is 3.52. The van der Waals surface area contributed by atoms with E-state index in [0.717, 1.165) is 61.1 Å². The van der Waals surface area contributed by atoms with Gasteiger partial charge in [-0.25, -0.2) is 15.0 Å². The third-order valence-corrected chi connectivity index (χ3v) is 5.41. The molecule has 2 aromatic rings. The lowest BCUT2D eigenvalue weighted by molar-refractivity contribution is 0.0952. The van der Waals surface area contributed by atoms with Gasteiger partial charge in [0, 0.05) is 58.2 Å². The Bertz CT molecular complexity index is 860. The van der Waals surface area contributed by atoms with Crippen molar-refractivity contribution in [2.75, 3.05) is 43.5 Å². The molecule has 0 saturated heterocycles. The second-order valence-corrected chi connectivity index (χ2v) is 8.06. The highest BCUT2D eigenvalue weighted by atomic mass is 16.1. The number of carbonyl (C=O) groups is 1. The maximum absolute atomic E-state index is 12.8. The van der Waals surface area contributed by atoms with E-state index in [1.807, 2.05) is 44.4 Å². The number of nitrogens with one attached hydrogen (secondary N) is 1. The van der Waals surface area contributed by atoms with E-state index < -0.39 is 0 Å². The molecule has 2 aromatic heterocycles. The fourth-order valence-electron chi connectivity index (χ4n) is 3.53. The molecule has 0 radical (unpaired) electrons. The summed E-state index contributed by atoms with van der Waals surface area (Å²) in [6, 6.07) is 2.04. The van der Waals surface area contributed by atoms with Gasteiger partial charge in [-0.2, -0.15) is 0 Å². The lowest BCUT2D eigenvalue weighted by Gasteiger charge is -2.19. The normalized spacial score (nSPS) is 16.3. The lowest BCUT2D eigenvalue weighted by Crippen LogP contribution is -2.28. The Labute approximate surface area is 166 Å². The number of anilines is 2. The molecular weight excluding hydrogens is 352 g/mol. The van der Waals surface area contributed by atoms with Gasteiger partial charge in [0.15, 0.2) is 0 Å². The fraction of sp³-hybridized carbons (Fsp3) is 0.524. The van der Waals surface area contributed by atoms with Crippen LogP contribution in [0.25, 0.3) is 0 Å². The number of aryl methyl sites for hydroxylation is 1. The molecule has 0 atom stereocenters. The summed E-state index contributed by atoms with van der Waals surface area (Å²) in [7, 11) is 3.88. The summed E-state index contributed by atoms with van der Waals surface area (Å²) in [6.45, 7) is 4.40. The molecule has 28 heavy (non-hydrogen) atoms. The third kappa shape index (κ3) is 4.08. The van der Waals surface area contributed by atoms with E-state index in [1.165, 1.54) is 12.8 Å². The zero-order valence-electron chi connectivity index (χ0n) is 16.9. The Morgan fingerprint density at radius 3 is 2.61 bits per heavy atom. The molecule has 0 unspecified atom stereocenters. The monoisotopic (exact) mass is 380 g/mol. The molecule has 1 amide bonds. The van der Waals surface area contributed by atoms with Crippen LogP contribution in [0.1, 0.15) is 40.0 Å². The van der Waals surface area contributed by atoms with E-state index in [4.69, 9.17) is 4.98 Å². The molecule has 0 spiro atoms. The predicted molar refractivity (Wildman–Crippen MR) is 110 cm³/mol. The average molecular weight is 380 g/mol. The number of hydrogen-bond acceptors (Lipinski definition) is 6. The summed E-state index contributed by atoms with van der Waals surface area (Å²) in [5, 5.41) is 3.08. The number of hydrogen-bond donors (Lipinski definition) is 1. The minimum atomic E-state index is -0.0196. The number of rotatable bonds is 5. The summed E-state index contributed by atoms with van der Waals surface area (Å²) in [5.74, 6) is 2.14. The second-order valence-electron chi connectivity index (χ2n) is 8.06. The van der Waals surface area contributed by atoms with E-state index in [2.05, 4.69) is 20.2 Å². The minimum Gasteiger partial charge on any atom is -0.362 e. The molecule has 1 N–H and O–H groups in total. The van der Waals surface area contributed by atoms with Gasteiger partial charge in [-0.15, -0.1) is 0 Å².